The van der Waals surface area contributed by atoms with Crippen molar-refractivity contribution >= 4 is 10.0 Å². The quantitative estimate of drug-likeness (QED) is 0.810. The minimum Gasteiger partial charge on any atom is -0.393 e. The first-order valence-electron chi connectivity index (χ1n) is 8.21. The lowest BCUT2D eigenvalue weighted by atomic mass is 9.89. The average Bonchev–Trinajstić information content (AvgIpc) is 2.84. The SMILES string of the molecule is CC(C)OCCS(=O)(=O)N1CCCCC1C1CCCC1O. The molecule has 2 fully saturated rings. The normalized spacial score (nSPS) is 31.9. The summed E-state index contributed by atoms with van der Waals surface area (Å²) in [4.78, 5) is 0. The standard InChI is InChI=1S/C15H29NO4S/c1-12(2)20-10-11-21(18,19)16-9-4-3-7-14(16)13-6-5-8-15(13)17/h12-15,17H,3-11H2,1-2H3. The Hall–Kier alpha value is -0.170. The van der Waals surface area contributed by atoms with Crippen LogP contribution in [0, 0.1) is 5.92 Å². The number of ether oxygens (including phenoxy) is 1. The molecule has 1 saturated carbocycles. The van der Waals surface area contributed by atoms with E-state index in [9.17, 15) is 13.5 Å². The fourth-order valence-corrected chi connectivity index (χ4v) is 5.25. The van der Waals surface area contributed by atoms with Crippen LogP contribution in [0.25, 0.3) is 0 Å². The van der Waals surface area contributed by atoms with Crippen molar-refractivity contribution in [2.75, 3.05) is 18.9 Å². The van der Waals surface area contributed by atoms with Gasteiger partial charge in [-0.25, -0.2) is 8.42 Å². The first-order chi connectivity index (χ1) is 9.92. The highest BCUT2D eigenvalue weighted by atomic mass is 32.2. The van der Waals surface area contributed by atoms with Gasteiger partial charge in [-0.05, 0) is 39.5 Å². The van der Waals surface area contributed by atoms with Crippen molar-refractivity contribution in [3.63, 3.8) is 0 Å². The van der Waals surface area contributed by atoms with Gasteiger partial charge in [0.25, 0.3) is 0 Å². The minimum absolute atomic E-state index is 0.0136. The Morgan fingerprint density at radius 3 is 2.57 bits per heavy atom. The summed E-state index contributed by atoms with van der Waals surface area (Å²) in [7, 11) is -3.29. The molecule has 0 aromatic heterocycles. The van der Waals surface area contributed by atoms with Crippen molar-refractivity contribution in [3.05, 3.63) is 0 Å². The predicted molar refractivity (Wildman–Crippen MR) is 82.6 cm³/mol. The molecule has 3 unspecified atom stereocenters. The van der Waals surface area contributed by atoms with Gasteiger partial charge in [0.1, 0.15) is 0 Å². The van der Waals surface area contributed by atoms with Crippen LogP contribution in [0.15, 0.2) is 0 Å². The van der Waals surface area contributed by atoms with Crippen LogP contribution in [0.1, 0.15) is 52.4 Å². The van der Waals surface area contributed by atoms with E-state index >= 15 is 0 Å². The lowest BCUT2D eigenvalue weighted by Gasteiger charge is -2.39. The molecule has 5 nitrogen and oxygen atoms in total. The van der Waals surface area contributed by atoms with Gasteiger partial charge in [0.15, 0.2) is 0 Å². The van der Waals surface area contributed by atoms with Crippen LogP contribution in [0.3, 0.4) is 0 Å². The number of nitrogens with zero attached hydrogens (tertiary/aromatic N) is 1. The van der Waals surface area contributed by atoms with Gasteiger partial charge in [0.05, 0.1) is 24.6 Å². The van der Waals surface area contributed by atoms with Crippen molar-refractivity contribution in [2.24, 2.45) is 5.92 Å². The molecular formula is C15H29NO4S. The van der Waals surface area contributed by atoms with Gasteiger partial charge in [-0.1, -0.05) is 12.8 Å². The molecule has 0 spiro atoms. The van der Waals surface area contributed by atoms with Gasteiger partial charge in [0.2, 0.25) is 10.0 Å². The zero-order valence-corrected chi connectivity index (χ0v) is 14.0. The molecular weight excluding hydrogens is 290 g/mol. The second-order valence-electron chi connectivity index (χ2n) is 6.57. The molecule has 2 aliphatic rings. The van der Waals surface area contributed by atoms with E-state index in [-0.39, 0.29) is 36.5 Å². The number of hydrogen-bond donors (Lipinski definition) is 1. The summed E-state index contributed by atoms with van der Waals surface area (Å²) < 4.78 is 32.3. The van der Waals surface area contributed by atoms with E-state index in [1.54, 1.807) is 4.31 Å². The monoisotopic (exact) mass is 319 g/mol. The van der Waals surface area contributed by atoms with Crippen molar-refractivity contribution in [1.82, 2.24) is 4.31 Å². The Morgan fingerprint density at radius 1 is 1.19 bits per heavy atom. The second-order valence-corrected chi connectivity index (χ2v) is 8.61. The summed E-state index contributed by atoms with van der Waals surface area (Å²) in [6.07, 6.45) is 5.34. The molecule has 1 aliphatic carbocycles. The lowest BCUT2D eigenvalue weighted by Crippen LogP contribution is -2.50. The number of piperidine rings is 1. The zero-order valence-electron chi connectivity index (χ0n) is 13.2. The van der Waals surface area contributed by atoms with Crippen molar-refractivity contribution in [3.8, 4) is 0 Å². The van der Waals surface area contributed by atoms with E-state index in [0.717, 1.165) is 38.5 Å². The van der Waals surface area contributed by atoms with E-state index in [4.69, 9.17) is 4.74 Å². The molecule has 0 aromatic carbocycles. The molecule has 21 heavy (non-hydrogen) atoms. The van der Waals surface area contributed by atoms with Crippen LogP contribution < -0.4 is 0 Å². The molecule has 0 bridgehead atoms. The third-order valence-corrected chi connectivity index (χ3v) is 6.52. The molecule has 1 aliphatic heterocycles. The molecule has 124 valence electrons. The largest absolute Gasteiger partial charge is 0.393 e. The Kier molecular flexibility index (Phi) is 6.05. The van der Waals surface area contributed by atoms with Gasteiger partial charge < -0.3 is 9.84 Å². The first kappa shape index (κ1) is 17.2. The van der Waals surface area contributed by atoms with Crippen LogP contribution in [0.4, 0.5) is 0 Å². The molecule has 1 heterocycles. The summed E-state index contributed by atoms with van der Waals surface area (Å²) in [5.41, 5.74) is 0. The maximum Gasteiger partial charge on any atom is 0.216 e. The molecule has 0 amide bonds. The predicted octanol–water partition coefficient (Wildman–Crippen LogP) is 1.76. The van der Waals surface area contributed by atoms with Gasteiger partial charge in [-0.2, -0.15) is 4.31 Å². The van der Waals surface area contributed by atoms with E-state index in [1.165, 1.54) is 0 Å². The van der Waals surface area contributed by atoms with Crippen molar-refractivity contribution in [1.29, 1.82) is 0 Å². The number of aliphatic hydroxyl groups is 1. The third kappa shape index (κ3) is 4.41. The highest BCUT2D eigenvalue weighted by molar-refractivity contribution is 7.89. The zero-order chi connectivity index (χ0) is 15.5. The van der Waals surface area contributed by atoms with Crippen molar-refractivity contribution in [2.45, 2.75) is 70.6 Å². The summed E-state index contributed by atoms with van der Waals surface area (Å²) >= 11 is 0. The first-order valence-corrected chi connectivity index (χ1v) is 9.82. The van der Waals surface area contributed by atoms with Gasteiger partial charge >= 0.3 is 0 Å². The summed E-state index contributed by atoms with van der Waals surface area (Å²) in [6.45, 7) is 4.66. The molecule has 2 rings (SSSR count). The fourth-order valence-electron chi connectivity index (χ4n) is 3.63. The maximum atomic E-state index is 12.6. The van der Waals surface area contributed by atoms with Gasteiger partial charge in [-0.15, -0.1) is 0 Å². The molecule has 1 saturated heterocycles. The highest BCUT2D eigenvalue weighted by Gasteiger charge is 2.41. The average molecular weight is 319 g/mol. The number of hydrogen-bond acceptors (Lipinski definition) is 4. The maximum absolute atomic E-state index is 12.6. The van der Waals surface area contributed by atoms with E-state index in [2.05, 4.69) is 0 Å². The minimum atomic E-state index is -3.29. The Labute approximate surface area is 128 Å². The highest BCUT2D eigenvalue weighted by Crippen LogP contribution is 2.36. The van der Waals surface area contributed by atoms with Crippen LogP contribution >= 0.6 is 0 Å². The smallest absolute Gasteiger partial charge is 0.216 e. The number of rotatable bonds is 6. The Morgan fingerprint density at radius 2 is 1.95 bits per heavy atom. The van der Waals surface area contributed by atoms with E-state index in [0.29, 0.717) is 6.54 Å². The lowest BCUT2D eigenvalue weighted by molar-refractivity contribution is 0.0702. The Bertz CT molecular complexity index is 423. The van der Waals surface area contributed by atoms with Crippen LogP contribution in [0.5, 0.6) is 0 Å². The molecule has 0 aromatic rings. The summed E-state index contributed by atoms with van der Waals surface area (Å²) in [5.74, 6) is 0.163. The van der Waals surface area contributed by atoms with Crippen molar-refractivity contribution < 1.29 is 18.3 Å². The van der Waals surface area contributed by atoms with Crippen LogP contribution in [-0.2, 0) is 14.8 Å². The van der Waals surface area contributed by atoms with Crippen LogP contribution in [-0.4, -0.2) is 55.0 Å². The molecule has 1 N–H and O–H groups in total. The summed E-state index contributed by atoms with van der Waals surface area (Å²) in [6, 6.07) is -0.0136. The third-order valence-electron chi connectivity index (χ3n) is 4.67. The fraction of sp³-hybridized carbons (Fsp3) is 1.00. The molecule has 0 radical (unpaired) electrons. The number of aliphatic hydroxyl groups excluding tert-OH is 1. The Balaban J connectivity index is 2.03. The van der Waals surface area contributed by atoms with Gasteiger partial charge in [-0.3, -0.25) is 0 Å². The molecule has 3 atom stereocenters. The topological polar surface area (TPSA) is 66.8 Å². The second kappa shape index (κ2) is 7.40. The number of sulfonamides is 1. The van der Waals surface area contributed by atoms with E-state index in [1.807, 2.05) is 13.8 Å². The molecule has 6 heteroatoms. The van der Waals surface area contributed by atoms with Gasteiger partial charge in [0, 0.05) is 18.5 Å². The summed E-state index contributed by atoms with van der Waals surface area (Å²) in [5, 5.41) is 10.1. The van der Waals surface area contributed by atoms with E-state index < -0.39 is 10.0 Å². The van der Waals surface area contributed by atoms with Crippen LogP contribution in [0.2, 0.25) is 0 Å².